The molecular formula is C14H7ClN4O3. The molecule has 2 aromatic rings. The smallest absolute Gasteiger partial charge is 0.268 e. The number of halogens is 1. The van der Waals surface area contributed by atoms with Gasteiger partial charge in [0.15, 0.2) is 11.5 Å². The third-order valence-corrected chi connectivity index (χ3v) is 3.51. The second kappa shape index (κ2) is 4.99. The van der Waals surface area contributed by atoms with Crippen LogP contribution in [0.15, 0.2) is 16.9 Å². The lowest BCUT2D eigenvalue weighted by Gasteiger charge is -2.11. The molecule has 0 aliphatic carbocycles. The largest absolute Gasteiger partial charge is 0.454 e. The van der Waals surface area contributed by atoms with Crippen LogP contribution in [0.1, 0.15) is 11.1 Å². The number of hydrogen-bond donors (Lipinski definition) is 2. The normalized spacial score (nSPS) is 11.8. The first-order chi connectivity index (χ1) is 10.6. The minimum atomic E-state index is -0.692. The Morgan fingerprint density at radius 2 is 1.82 bits per heavy atom. The molecule has 0 radical (unpaired) electrons. The number of aromatic amines is 1. The minimum absolute atomic E-state index is 0.0306. The van der Waals surface area contributed by atoms with Crippen molar-refractivity contribution in [2.45, 2.75) is 0 Å². The van der Waals surface area contributed by atoms with Gasteiger partial charge in [0.2, 0.25) is 6.79 Å². The maximum atomic E-state index is 11.9. The number of rotatable bonds is 1. The van der Waals surface area contributed by atoms with Crippen molar-refractivity contribution in [1.82, 2.24) is 4.98 Å². The van der Waals surface area contributed by atoms with Crippen LogP contribution >= 0.6 is 11.6 Å². The quantitative estimate of drug-likeness (QED) is 0.826. The number of nitrogen functional groups attached to an aromatic ring is 1. The number of H-pyrrole nitrogens is 1. The topological polar surface area (TPSA) is 125 Å². The second-order valence-corrected chi connectivity index (χ2v) is 4.81. The highest BCUT2D eigenvalue weighted by Crippen LogP contribution is 2.42. The van der Waals surface area contributed by atoms with Gasteiger partial charge in [0, 0.05) is 17.2 Å². The van der Waals surface area contributed by atoms with E-state index in [1.807, 2.05) is 6.07 Å². The number of nitrogens with two attached hydrogens (primary N) is 1. The second-order valence-electron chi connectivity index (χ2n) is 4.40. The van der Waals surface area contributed by atoms with Crippen molar-refractivity contribution < 1.29 is 9.47 Å². The maximum absolute atomic E-state index is 11.9. The van der Waals surface area contributed by atoms with E-state index in [2.05, 4.69) is 4.98 Å². The third kappa shape index (κ3) is 1.93. The van der Waals surface area contributed by atoms with E-state index in [0.29, 0.717) is 17.1 Å². The van der Waals surface area contributed by atoms with E-state index in [1.54, 1.807) is 6.07 Å². The predicted molar refractivity (Wildman–Crippen MR) is 77.5 cm³/mol. The van der Waals surface area contributed by atoms with Crippen LogP contribution in [-0.2, 0) is 0 Å². The number of pyridine rings is 1. The molecule has 108 valence electrons. The molecule has 0 atom stereocenters. The Morgan fingerprint density at radius 1 is 1.18 bits per heavy atom. The molecule has 1 aliphatic rings. The molecule has 2 heterocycles. The molecule has 0 spiro atoms. The van der Waals surface area contributed by atoms with Crippen molar-refractivity contribution in [3.8, 4) is 34.8 Å². The monoisotopic (exact) mass is 314 g/mol. The van der Waals surface area contributed by atoms with Gasteiger partial charge in [-0.2, -0.15) is 10.5 Å². The van der Waals surface area contributed by atoms with Crippen molar-refractivity contribution in [2.75, 3.05) is 12.5 Å². The zero-order valence-electron chi connectivity index (χ0n) is 10.9. The Balaban J connectivity index is 2.41. The Hall–Kier alpha value is -3.16. The molecule has 0 amide bonds. The number of nitrogens with one attached hydrogen (secondary N) is 1. The molecule has 0 saturated carbocycles. The summed E-state index contributed by atoms with van der Waals surface area (Å²) in [6.07, 6.45) is 0. The Bertz CT molecular complexity index is 937. The lowest BCUT2D eigenvalue weighted by atomic mass is 9.96. The van der Waals surface area contributed by atoms with Crippen LogP contribution in [-0.4, -0.2) is 11.8 Å². The van der Waals surface area contributed by atoms with Crippen LogP contribution in [0.3, 0.4) is 0 Å². The van der Waals surface area contributed by atoms with Crippen LogP contribution in [0.2, 0.25) is 5.02 Å². The highest BCUT2D eigenvalue weighted by atomic mass is 35.5. The van der Waals surface area contributed by atoms with Gasteiger partial charge < -0.3 is 20.2 Å². The van der Waals surface area contributed by atoms with Crippen LogP contribution in [0.5, 0.6) is 11.5 Å². The fourth-order valence-corrected chi connectivity index (χ4v) is 2.47. The van der Waals surface area contributed by atoms with Gasteiger partial charge in [0.1, 0.15) is 29.1 Å². The highest BCUT2D eigenvalue weighted by molar-refractivity contribution is 6.33. The Morgan fingerprint density at radius 3 is 2.45 bits per heavy atom. The number of aromatic nitrogens is 1. The van der Waals surface area contributed by atoms with Gasteiger partial charge in [-0.05, 0) is 6.07 Å². The molecule has 0 bridgehead atoms. The van der Waals surface area contributed by atoms with Crippen LogP contribution < -0.4 is 20.8 Å². The summed E-state index contributed by atoms with van der Waals surface area (Å²) in [5, 5.41) is 18.7. The van der Waals surface area contributed by atoms with E-state index in [4.69, 9.17) is 26.8 Å². The zero-order valence-corrected chi connectivity index (χ0v) is 11.7. The Kier molecular flexibility index (Phi) is 3.13. The number of nitriles is 2. The average Bonchev–Trinajstić information content (AvgIpc) is 2.92. The van der Waals surface area contributed by atoms with E-state index < -0.39 is 5.56 Å². The van der Waals surface area contributed by atoms with E-state index in [0.717, 1.165) is 0 Å². The van der Waals surface area contributed by atoms with Gasteiger partial charge in [-0.1, -0.05) is 11.6 Å². The van der Waals surface area contributed by atoms with Crippen molar-refractivity contribution >= 4 is 17.4 Å². The summed E-state index contributed by atoms with van der Waals surface area (Å²) in [6.45, 7) is 0.0445. The molecule has 1 aromatic heterocycles. The van der Waals surface area contributed by atoms with Gasteiger partial charge in [-0.3, -0.25) is 4.79 Å². The summed E-state index contributed by atoms with van der Waals surface area (Å²) in [5.41, 5.74) is 5.08. The number of fused-ring (bicyclic) bond motifs is 1. The zero-order chi connectivity index (χ0) is 15.9. The maximum Gasteiger partial charge on any atom is 0.268 e. The summed E-state index contributed by atoms with van der Waals surface area (Å²) >= 11 is 6.20. The van der Waals surface area contributed by atoms with Gasteiger partial charge in [-0.15, -0.1) is 0 Å². The Labute approximate surface area is 129 Å². The highest BCUT2D eigenvalue weighted by Gasteiger charge is 2.23. The molecule has 3 N–H and O–H groups in total. The van der Waals surface area contributed by atoms with Crippen LogP contribution in [0.25, 0.3) is 11.1 Å². The molecular weight excluding hydrogens is 308 g/mol. The van der Waals surface area contributed by atoms with Crippen LogP contribution in [0, 0.1) is 22.7 Å². The van der Waals surface area contributed by atoms with Crippen molar-refractivity contribution in [3.63, 3.8) is 0 Å². The summed E-state index contributed by atoms with van der Waals surface area (Å²) in [4.78, 5) is 14.2. The van der Waals surface area contributed by atoms with E-state index >= 15 is 0 Å². The standard InChI is InChI=1S/C14H7ClN4O3/c15-9-2-11-10(21-5-22-11)1-6(9)12-7(3-16)13(18)19-14(20)8(12)4-17/h1-2H,5H2,(H3,18,19,20). The first-order valence-electron chi connectivity index (χ1n) is 6.02. The number of ether oxygens (including phenoxy) is 2. The lowest BCUT2D eigenvalue weighted by molar-refractivity contribution is 0.174. The van der Waals surface area contributed by atoms with Gasteiger partial charge in [0.05, 0.1) is 5.02 Å². The van der Waals surface area contributed by atoms with Crippen LogP contribution in [0.4, 0.5) is 5.82 Å². The number of anilines is 1. The third-order valence-electron chi connectivity index (χ3n) is 3.20. The fourth-order valence-electron chi connectivity index (χ4n) is 2.22. The molecule has 0 unspecified atom stereocenters. The van der Waals surface area contributed by atoms with Crippen molar-refractivity contribution in [1.29, 1.82) is 10.5 Å². The van der Waals surface area contributed by atoms with Gasteiger partial charge in [0.25, 0.3) is 5.56 Å². The van der Waals surface area contributed by atoms with E-state index in [9.17, 15) is 15.3 Å². The molecule has 1 aliphatic heterocycles. The summed E-state index contributed by atoms with van der Waals surface area (Å²) < 4.78 is 10.5. The molecule has 1 aromatic carbocycles. The number of nitrogens with zero attached hydrogens (tertiary/aromatic N) is 2. The van der Waals surface area contributed by atoms with Crippen molar-refractivity contribution in [2.24, 2.45) is 0 Å². The molecule has 7 nitrogen and oxygen atoms in total. The molecule has 8 heteroatoms. The molecule has 3 rings (SSSR count). The first kappa shape index (κ1) is 13.8. The predicted octanol–water partition coefficient (Wildman–Crippen LogP) is 1.75. The van der Waals surface area contributed by atoms with E-state index in [1.165, 1.54) is 12.1 Å². The molecule has 0 saturated heterocycles. The fraction of sp³-hybridized carbons (Fsp3) is 0.0714. The summed E-state index contributed by atoms with van der Waals surface area (Å²) in [7, 11) is 0. The first-order valence-corrected chi connectivity index (χ1v) is 6.40. The SMILES string of the molecule is N#Cc1c(N)[nH]c(=O)c(C#N)c1-c1cc2c(cc1Cl)OCO2. The lowest BCUT2D eigenvalue weighted by Crippen LogP contribution is -2.16. The van der Waals surface area contributed by atoms with Crippen molar-refractivity contribution in [3.05, 3.63) is 38.6 Å². The van der Waals surface area contributed by atoms with Gasteiger partial charge in [-0.25, -0.2) is 0 Å². The molecule has 0 fully saturated rings. The number of hydrogen-bond acceptors (Lipinski definition) is 6. The summed E-state index contributed by atoms with van der Waals surface area (Å²) in [6, 6.07) is 6.67. The summed E-state index contributed by atoms with van der Waals surface area (Å²) in [5.74, 6) is 0.727. The molecule has 22 heavy (non-hydrogen) atoms. The van der Waals surface area contributed by atoms with Gasteiger partial charge >= 0.3 is 0 Å². The van der Waals surface area contributed by atoms with E-state index in [-0.39, 0.29) is 34.3 Å². The number of benzene rings is 1. The minimum Gasteiger partial charge on any atom is -0.454 e. The average molecular weight is 315 g/mol.